The lowest BCUT2D eigenvalue weighted by Crippen LogP contribution is -2.37. The minimum absolute atomic E-state index is 0.00549. The molecule has 4 aromatic rings. The molecule has 0 unspecified atom stereocenters. The second kappa shape index (κ2) is 9.25. The summed E-state index contributed by atoms with van der Waals surface area (Å²) in [6.45, 7) is 1.65. The molecule has 164 valence electrons. The third-order valence-electron chi connectivity index (χ3n) is 4.69. The fraction of sp³-hybridized carbons (Fsp3) is 0.238. The van der Waals surface area contributed by atoms with E-state index in [1.54, 1.807) is 62.6 Å². The van der Waals surface area contributed by atoms with Crippen LogP contribution in [-0.4, -0.2) is 38.2 Å². The van der Waals surface area contributed by atoms with Crippen LogP contribution in [0.5, 0.6) is 11.5 Å². The molecular weight excluding hydrogens is 416 g/mol. The molecule has 0 fully saturated rings. The van der Waals surface area contributed by atoms with Crippen molar-refractivity contribution < 1.29 is 18.8 Å². The van der Waals surface area contributed by atoms with Crippen molar-refractivity contribution in [2.75, 3.05) is 7.11 Å². The molecule has 2 aromatic heterocycles. The highest BCUT2D eigenvalue weighted by atomic mass is 16.5. The van der Waals surface area contributed by atoms with Crippen LogP contribution in [0.25, 0.3) is 10.9 Å². The number of aromatic nitrogens is 5. The highest BCUT2D eigenvalue weighted by molar-refractivity contribution is 5.80. The van der Waals surface area contributed by atoms with E-state index in [1.165, 1.54) is 0 Å². The topological polar surface area (TPSA) is 134 Å². The van der Waals surface area contributed by atoms with Crippen molar-refractivity contribution in [3.8, 4) is 11.5 Å². The van der Waals surface area contributed by atoms with Gasteiger partial charge in [-0.3, -0.25) is 9.59 Å². The van der Waals surface area contributed by atoms with Crippen LogP contribution >= 0.6 is 0 Å². The summed E-state index contributed by atoms with van der Waals surface area (Å²) in [5.41, 5.74) is 0.0746. The Morgan fingerprint density at radius 2 is 1.91 bits per heavy atom. The molecule has 1 atom stereocenters. The number of carbonyl (C=O) groups excluding carboxylic acids is 1. The minimum atomic E-state index is -0.875. The highest BCUT2D eigenvalue weighted by Crippen LogP contribution is 2.17. The van der Waals surface area contributed by atoms with Crippen LogP contribution in [0.15, 0.2) is 57.8 Å². The van der Waals surface area contributed by atoms with E-state index < -0.39 is 17.5 Å². The highest BCUT2D eigenvalue weighted by Gasteiger charge is 2.20. The molecule has 1 amide bonds. The number of hydrogen-bond acceptors (Lipinski definition) is 9. The summed E-state index contributed by atoms with van der Waals surface area (Å²) in [6.07, 6.45) is 0. The molecule has 32 heavy (non-hydrogen) atoms. The number of methoxy groups -OCH3 is 1. The average molecular weight is 436 g/mol. The Morgan fingerprint density at radius 1 is 1.16 bits per heavy atom. The summed E-state index contributed by atoms with van der Waals surface area (Å²) in [6, 6.07) is 13.0. The van der Waals surface area contributed by atoms with E-state index >= 15 is 0 Å². The second-order valence-electron chi connectivity index (χ2n) is 6.82. The van der Waals surface area contributed by atoms with Gasteiger partial charge >= 0.3 is 0 Å². The van der Waals surface area contributed by atoms with Crippen molar-refractivity contribution in [1.82, 2.24) is 30.5 Å². The van der Waals surface area contributed by atoms with Gasteiger partial charge in [0, 0.05) is 0 Å². The van der Waals surface area contributed by atoms with Crippen LogP contribution in [0, 0.1) is 0 Å². The van der Waals surface area contributed by atoms with Gasteiger partial charge in [0.1, 0.15) is 23.1 Å². The molecule has 0 saturated heterocycles. The van der Waals surface area contributed by atoms with Crippen molar-refractivity contribution in [3.63, 3.8) is 0 Å². The van der Waals surface area contributed by atoms with Gasteiger partial charge in [0.2, 0.25) is 17.6 Å². The predicted octanol–water partition coefficient (Wildman–Crippen LogP) is 1.64. The van der Waals surface area contributed by atoms with Crippen LogP contribution in [0.1, 0.15) is 24.7 Å². The lowest BCUT2D eigenvalue weighted by Gasteiger charge is -2.12. The molecule has 11 nitrogen and oxygen atoms in total. The molecule has 0 spiro atoms. The number of fused-ring (bicyclic) bond motifs is 1. The molecule has 0 bridgehead atoms. The monoisotopic (exact) mass is 436 g/mol. The van der Waals surface area contributed by atoms with Gasteiger partial charge in [0.15, 0.2) is 6.61 Å². The van der Waals surface area contributed by atoms with Crippen LogP contribution in [0.3, 0.4) is 0 Å². The molecule has 0 aliphatic rings. The zero-order chi connectivity index (χ0) is 22.5. The van der Waals surface area contributed by atoms with Crippen molar-refractivity contribution >= 4 is 16.8 Å². The first-order valence-corrected chi connectivity index (χ1v) is 9.75. The van der Waals surface area contributed by atoms with Crippen LogP contribution < -0.4 is 20.3 Å². The fourth-order valence-corrected chi connectivity index (χ4v) is 2.92. The number of hydrogen-bond donors (Lipinski definition) is 1. The quantitative estimate of drug-likeness (QED) is 0.437. The Balaban J connectivity index is 1.33. The summed E-state index contributed by atoms with van der Waals surface area (Å²) in [5, 5.41) is 14.7. The molecule has 11 heteroatoms. The Labute approximate surface area is 182 Å². The molecule has 0 aliphatic carbocycles. The smallest absolute Gasteiger partial charge is 0.278 e. The second-order valence-corrected chi connectivity index (χ2v) is 6.82. The number of benzene rings is 2. The zero-order valence-electron chi connectivity index (χ0n) is 17.4. The predicted molar refractivity (Wildman–Crippen MR) is 112 cm³/mol. The Hall–Kier alpha value is -4.28. The summed E-state index contributed by atoms with van der Waals surface area (Å²) >= 11 is 0. The van der Waals surface area contributed by atoms with Crippen molar-refractivity contribution in [2.24, 2.45) is 0 Å². The van der Waals surface area contributed by atoms with E-state index in [4.69, 9.17) is 14.0 Å². The lowest BCUT2D eigenvalue weighted by atomic mass is 10.2. The molecule has 2 heterocycles. The number of nitrogens with zero attached hydrogens (tertiary/aromatic N) is 5. The van der Waals surface area contributed by atoms with Gasteiger partial charge < -0.3 is 19.3 Å². The van der Waals surface area contributed by atoms with E-state index in [2.05, 4.69) is 25.8 Å². The molecule has 0 radical (unpaired) electrons. The maximum Gasteiger partial charge on any atom is 0.278 e. The molecule has 0 saturated carbocycles. The van der Waals surface area contributed by atoms with Crippen LogP contribution in [-0.2, 0) is 17.9 Å². The van der Waals surface area contributed by atoms with Gasteiger partial charge in [0.05, 0.1) is 19.0 Å². The number of ether oxygens (including phenoxy) is 2. The maximum atomic E-state index is 12.6. The molecule has 4 rings (SSSR count). The Kier molecular flexibility index (Phi) is 6.06. The van der Waals surface area contributed by atoms with Gasteiger partial charge in [-0.05, 0) is 43.3 Å². The van der Waals surface area contributed by atoms with Crippen molar-refractivity contribution in [3.05, 3.63) is 70.6 Å². The van der Waals surface area contributed by atoms with Crippen molar-refractivity contribution in [1.29, 1.82) is 0 Å². The summed E-state index contributed by atoms with van der Waals surface area (Å²) in [5.74, 6) is 1.44. The van der Waals surface area contributed by atoms with Crippen LogP contribution in [0.4, 0.5) is 0 Å². The first-order chi connectivity index (χ1) is 15.5. The van der Waals surface area contributed by atoms with E-state index in [9.17, 15) is 9.59 Å². The van der Waals surface area contributed by atoms with Gasteiger partial charge in [-0.1, -0.05) is 22.5 Å². The van der Waals surface area contributed by atoms with E-state index in [0.717, 1.165) is 10.4 Å². The average Bonchev–Trinajstić information content (AvgIpc) is 3.29. The van der Waals surface area contributed by atoms with Crippen LogP contribution in [0.2, 0.25) is 0 Å². The largest absolute Gasteiger partial charge is 0.497 e. The Bertz CT molecular complexity index is 1280. The number of rotatable bonds is 8. The third kappa shape index (κ3) is 4.56. The molecular formula is C21H20N6O5. The molecule has 1 N–H and O–H groups in total. The van der Waals surface area contributed by atoms with E-state index in [1.807, 2.05) is 0 Å². The number of nitrogens with one attached hydrogen (secondary N) is 1. The SMILES string of the molecule is COc1ccc(OCc2noc(CNC(=O)[C@@H](C)n3nnc4ccccc4c3=O)n2)cc1. The fourth-order valence-electron chi connectivity index (χ4n) is 2.92. The maximum absolute atomic E-state index is 12.6. The summed E-state index contributed by atoms with van der Waals surface area (Å²) < 4.78 is 16.9. The van der Waals surface area contributed by atoms with Gasteiger partial charge in [-0.15, -0.1) is 5.10 Å². The molecule has 0 aliphatic heterocycles. The third-order valence-corrected chi connectivity index (χ3v) is 4.69. The first kappa shape index (κ1) is 21.0. The van der Waals surface area contributed by atoms with E-state index in [-0.39, 0.29) is 19.0 Å². The summed E-state index contributed by atoms with van der Waals surface area (Å²) in [7, 11) is 1.59. The zero-order valence-corrected chi connectivity index (χ0v) is 17.4. The van der Waals surface area contributed by atoms with Crippen molar-refractivity contribution in [2.45, 2.75) is 26.1 Å². The van der Waals surface area contributed by atoms with Gasteiger partial charge in [-0.2, -0.15) is 9.67 Å². The molecule has 2 aromatic carbocycles. The minimum Gasteiger partial charge on any atom is -0.497 e. The number of amides is 1. The normalized spacial score (nSPS) is 11.8. The standard InChI is InChI=1S/C21H20N6O5/c1-13(27-21(29)16-5-3-4-6-17(16)24-26-27)20(28)22-11-19-23-18(25-32-19)12-31-15-9-7-14(30-2)8-10-15/h3-10,13H,11-12H2,1-2H3,(H,22,28)/t13-/m1/s1. The van der Waals surface area contributed by atoms with Gasteiger partial charge in [-0.25, -0.2) is 0 Å². The first-order valence-electron chi connectivity index (χ1n) is 9.75. The summed E-state index contributed by atoms with van der Waals surface area (Å²) in [4.78, 5) is 29.3. The van der Waals surface area contributed by atoms with Gasteiger partial charge in [0.25, 0.3) is 5.56 Å². The number of carbonyl (C=O) groups is 1. The van der Waals surface area contributed by atoms with E-state index in [0.29, 0.717) is 22.5 Å². The Morgan fingerprint density at radius 3 is 2.69 bits per heavy atom. The lowest BCUT2D eigenvalue weighted by molar-refractivity contribution is -0.124.